The summed E-state index contributed by atoms with van der Waals surface area (Å²) in [6.45, 7) is 1.13. The van der Waals surface area contributed by atoms with Gasteiger partial charge in [0.2, 0.25) is 0 Å². The van der Waals surface area contributed by atoms with Crippen molar-refractivity contribution in [3.63, 3.8) is 0 Å². The van der Waals surface area contributed by atoms with E-state index in [1.807, 2.05) is 12.1 Å². The molecule has 7 heteroatoms. The Bertz CT molecular complexity index is 541. The lowest BCUT2D eigenvalue weighted by Gasteiger charge is -2.09. The Kier molecular flexibility index (Phi) is 5.78. The maximum atomic E-state index is 11.0. The average molecular weight is 285 g/mol. The Morgan fingerprint density at radius 1 is 1.42 bits per heavy atom. The molecule has 0 atom stereocenters. The van der Waals surface area contributed by atoms with Crippen LogP contribution in [0.2, 0.25) is 0 Å². The summed E-state index contributed by atoms with van der Waals surface area (Å²) in [5, 5.41) is 14.8. The van der Waals surface area contributed by atoms with Crippen molar-refractivity contribution in [2.24, 2.45) is 10.9 Å². The first-order valence-electron chi connectivity index (χ1n) is 5.88. The van der Waals surface area contributed by atoms with Crippen molar-refractivity contribution >= 4 is 15.7 Å². The van der Waals surface area contributed by atoms with Crippen LogP contribution in [0.3, 0.4) is 0 Å². The molecule has 0 aliphatic carbocycles. The standard InChI is InChI=1S/C12H19N3O3S/c1-19(17,18)8-4-7-14-9-10-5-2-3-6-11(10)12(13)15-16/h2-3,5-6,14,16H,4,7-9H2,1H3,(H2,13,15). The van der Waals surface area contributed by atoms with Gasteiger partial charge in [-0.15, -0.1) is 0 Å². The van der Waals surface area contributed by atoms with E-state index in [1.54, 1.807) is 12.1 Å². The molecule has 0 aliphatic heterocycles. The number of nitrogens with zero attached hydrogens (tertiary/aromatic N) is 1. The van der Waals surface area contributed by atoms with Gasteiger partial charge in [-0.05, 0) is 18.5 Å². The molecule has 0 fully saturated rings. The molecule has 0 radical (unpaired) electrons. The van der Waals surface area contributed by atoms with E-state index in [1.165, 1.54) is 6.26 Å². The summed E-state index contributed by atoms with van der Waals surface area (Å²) < 4.78 is 21.9. The highest BCUT2D eigenvalue weighted by Crippen LogP contribution is 2.08. The third-order valence-corrected chi connectivity index (χ3v) is 3.62. The van der Waals surface area contributed by atoms with Gasteiger partial charge >= 0.3 is 0 Å². The van der Waals surface area contributed by atoms with Gasteiger partial charge in [-0.2, -0.15) is 0 Å². The van der Waals surface area contributed by atoms with Gasteiger partial charge in [0.15, 0.2) is 5.84 Å². The van der Waals surface area contributed by atoms with Crippen LogP contribution in [0.15, 0.2) is 29.4 Å². The second kappa shape index (κ2) is 7.10. The smallest absolute Gasteiger partial charge is 0.170 e. The van der Waals surface area contributed by atoms with E-state index in [2.05, 4.69) is 10.5 Å². The maximum absolute atomic E-state index is 11.0. The number of nitrogens with one attached hydrogen (secondary N) is 1. The normalized spacial score (nSPS) is 12.6. The molecule has 6 nitrogen and oxygen atoms in total. The number of amidine groups is 1. The molecule has 0 unspecified atom stereocenters. The molecule has 0 aromatic heterocycles. The Labute approximate surface area is 113 Å². The van der Waals surface area contributed by atoms with E-state index in [-0.39, 0.29) is 11.6 Å². The summed E-state index contributed by atoms with van der Waals surface area (Å²) in [6.07, 6.45) is 1.78. The predicted octanol–water partition coefficient (Wildman–Crippen LogP) is 0.305. The highest BCUT2D eigenvalue weighted by atomic mass is 32.2. The van der Waals surface area contributed by atoms with Crippen LogP contribution in [-0.2, 0) is 16.4 Å². The van der Waals surface area contributed by atoms with Crippen molar-refractivity contribution < 1.29 is 13.6 Å². The average Bonchev–Trinajstić information content (AvgIpc) is 2.36. The quantitative estimate of drug-likeness (QED) is 0.220. The summed E-state index contributed by atoms with van der Waals surface area (Å²) in [4.78, 5) is 0. The molecule has 0 heterocycles. The summed E-state index contributed by atoms with van der Waals surface area (Å²) in [6, 6.07) is 7.31. The van der Waals surface area contributed by atoms with Crippen LogP contribution in [0, 0.1) is 0 Å². The molecular formula is C12H19N3O3S. The minimum atomic E-state index is -2.91. The van der Waals surface area contributed by atoms with Crippen molar-refractivity contribution in [2.75, 3.05) is 18.6 Å². The zero-order valence-electron chi connectivity index (χ0n) is 10.8. The van der Waals surface area contributed by atoms with Gasteiger partial charge in [-0.1, -0.05) is 29.4 Å². The maximum Gasteiger partial charge on any atom is 0.170 e. The van der Waals surface area contributed by atoms with Crippen LogP contribution >= 0.6 is 0 Å². The Morgan fingerprint density at radius 3 is 2.74 bits per heavy atom. The van der Waals surface area contributed by atoms with Crippen molar-refractivity contribution in [2.45, 2.75) is 13.0 Å². The van der Waals surface area contributed by atoms with E-state index in [9.17, 15) is 8.42 Å². The first-order valence-corrected chi connectivity index (χ1v) is 7.94. The van der Waals surface area contributed by atoms with Gasteiger partial charge < -0.3 is 16.3 Å². The molecular weight excluding hydrogens is 266 g/mol. The third-order valence-electron chi connectivity index (χ3n) is 2.59. The van der Waals surface area contributed by atoms with Gasteiger partial charge in [0.25, 0.3) is 0 Å². The van der Waals surface area contributed by atoms with E-state index in [0.29, 0.717) is 25.1 Å². The Morgan fingerprint density at radius 2 is 2.11 bits per heavy atom. The molecule has 4 N–H and O–H groups in total. The Balaban J connectivity index is 2.50. The lowest BCUT2D eigenvalue weighted by atomic mass is 10.1. The Hall–Kier alpha value is -1.60. The number of oxime groups is 1. The molecule has 1 aromatic carbocycles. The fourth-order valence-electron chi connectivity index (χ4n) is 1.66. The lowest BCUT2D eigenvalue weighted by Crippen LogP contribution is -2.21. The molecule has 0 bridgehead atoms. The highest BCUT2D eigenvalue weighted by molar-refractivity contribution is 7.90. The fourth-order valence-corrected chi connectivity index (χ4v) is 2.33. The first-order chi connectivity index (χ1) is 8.94. The zero-order valence-corrected chi connectivity index (χ0v) is 11.7. The molecule has 1 rings (SSSR count). The van der Waals surface area contributed by atoms with Gasteiger partial charge in [0.05, 0.1) is 5.75 Å². The van der Waals surface area contributed by atoms with Crippen LogP contribution < -0.4 is 11.1 Å². The van der Waals surface area contributed by atoms with E-state index >= 15 is 0 Å². The van der Waals surface area contributed by atoms with Crippen LogP contribution in [0.4, 0.5) is 0 Å². The number of hydrogen-bond acceptors (Lipinski definition) is 5. The largest absolute Gasteiger partial charge is 0.409 e. The van der Waals surface area contributed by atoms with E-state index in [4.69, 9.17) is 10.9 Å². The van der Waals surface area contributed by atoms with Crippen molar-refractivity contribution in [3.8, 4) is 0 Å². The molecule has 0 aliphatic rings. The summed E-state index contributed by atoms with van der Waals surface area (Å²) >= 11 is 0. The third kappa shape index (κ3) is 5.71. The second-order valence-electron chi connectivity index (χ2n) is 4.30. The van der Waals surface area contributed by atoms with Crippen LogP contribution in [0.1, 0.15) is 17.5 Å². The van der Waals surface area contributed by atoms with Gasteiger partial charge in [0, 0.05) is 18.4 Å². The SMILES string of the molecule is CS(=O)(=O)CCCNCc1ccccc1C(N)=NO. The van der Waals surface area contributed by atoms with Gasteiger partial charge in [0.1, 0.15) is 9.84 Å². The summed E-state index contributed by atoms with van der Waals surface area (Å²) in [5.74, 6) is 0.232. The number of nitrogens with two attached hydrogens (primary N) is 1. The predicted molar refractivity (Wildman–Crippen MR) is 75.0 cm³/mol. The topological polar surface area (TPSA) is 105 Å². The van der Waals surface area contributed by atoms with Crippen molar-refractivity contribution in [3.05, 3.63) is 35.4 Å². The number of hydrogen-bond donors (Lipinski definition) is 3. The fraction of sp³-hybridized carbons (Fsp3) is 0.417. The molecule has 19 heavy (non-hydrogen) atoms. The van der Waals surface area contributed by atoms with Gasteiger partial charge in [-0.25, -0.2) is 8.42 Å². The number of rotatable bonds is 7. The molecule has 106 valence electrons. The lowest BCUT2D eigenvalue weighted by molar-refractivity contribution is 0.318. The molecule has 0 saturated carbocycles. The van der Waals surface area contributed by atoms with Crippen LogP contribution in [0.25, 0.3) is 0 Å². The molecule has 1 aromatic rings. The van der Waals surface area contributed by atoms with Gasteiger partial charge in [-0.3, -0.25) is 0 Å². The summed E-state index contributed by atoms with van der Waals surface area (Å²) in [7, 11) is -2.91. The second-order valence-corrected chi connectivity index (χ2v) is 6.56. The molecule has 0 spiro atoms. The number of benzene rings is 1. The van der Waals surface area contributed by atoms with Crippen molar-refractivity contribution in [1.29, 1.82) is 0 Å². The highest BCUT2D eigenvalue weighted by Gasteiger charge is 2.06. The minimum Gasteiger partial charge on any atom is -0.409 e. The minimum absolute atomic E-state index is 0.0635. The van der Waals surface area contributed by atoms with Crippen LogP contribution in [0.5, 0.6) is 0 Å². The molecule has 0 amide bonds. The van der Waals surface area contributed by atoms with E-state index < -0.39 is 9.84 Å². The monoisotopic (exact) mass is 285 g/mol. The number of sulfone groups is 1. The van der Waals surface area contributed by atoms with Crippen molar-refractivity contribution in [1.82, 2.24) is 5.32 Å². The van der Waals surface area contributed by atoms with Crippen LogP contribution in [-0.4, -0.2) is 38.0 Å². The van der Waals surface area contributed by atoms with E-state index in [0.717, 1.165) is 5.56 Å². The zero-order chi connectivity index (χ0) is 14.3. The summed E-state index contributed by atoms with van der Waals surface area (Å²) in [5.41, 5.74) is 7.14. The first kappa shape index (κ1) is 15.5. The molecule has 0 saturated heterocycles.